The SMILES string of the molecule is C=NCC1(NC(=O)[C@@H]2C[C@@H](S(=O)(=O)c3cccc(-c4ccnc(Cl)c4)c3)C[C@H]2C(=O)N2CCC(F)(F)C2)CC1. The second-order valence-electron chi connectivity index (χ2n) is 10.8. The first kappa shape index (κ1) is 27.6. The smallest absolute Gasteiger partial charge is 0.267 e. The van der Waals surface area contributed by atoms with Gasteiger partial charge in [0, 0.05) is 19.2 Å². The van der Waals surface area contributed by atoms with Gasteiger partial charge >= 0.3 is 0 Å². The highest BCUT2D eigenvalue weighted by molar-refractivity contribution is 7.92. The van der Waals surface area contributed by atoms with Gasteiger partial charge in [0.2, 0.25) is 11.8 Å². The van der Waals surface area contributed by atoms with Crippen molar-refractivity contribution >= 4 is 40.0 Å². The summed E-state index contributed by atoms with van der Waals surface area (Å²) in [7, 11) is -3.97. The second-order valence-corrected chi connectivity index (χ2v) is 13.4. The molecular weight excluding hydrogens is 550 g/mol. The molecule has 5 rings (SSSR count). The molecule has 2 saturated carbocycles. The van der Waals surface area contributed by atoms with Crippen LogP contribution < -0.4 is 5.32 Å². The third kappa shape index (κ3) is 5.70. The standard InChI is InChI=1S/C27H29ClF2N4O4S/c1-31-15-26(6-7-26)33-24(35)21-13-20(14-22(21)25(36)34-10-8-27(29,30)16-34)39(37,38)19-4-2-3-17(11-19)18-5-9-32-23(28)12-18/h2-5,9,11-12,20-22H,1,6-8,10,13-16H2,(H,33,35)/t20-,21-,22-/m1/s1. The maximum atomic E-state index is 13.9. The van der Waals surface area contributed by atoms with Crippen LogP contribution in [-0.4, -0.2) is 73.2 Å². The van der Waals surface area contributed by atoms with E-state index in [9.17, 15) is 26.8 Å². The summed E-state index contributed by atoms with van der Waals surface area (Å²) in [6, 6.07) is 9.69. The van der Waals surface area contributed by atoms with Gasteiger partial charge < -0.3 is 10.2 Å². The number of aromatic nitrogens is 1. The quantitative estimate of drug-likeness (QED) is 0.379. The molecule has 0 radical (unpaired) electrons. The van der Waals surface area contributed by atoms with Crippen LogP contribution in [0.5, 0.6) is 0 Å². The van der Waals surface area contributed by atoms with Crippen LogP contribution in [0.3, 0.4) is 0 Å². The number of carbonyl (C=O) groups is 2. The zero-order valence-electron chi connectivity index (χ0n) is 21.2. The lowest BCUT2D eigenvalue weighted by molar-refractivity contribution is -0.141. The minimum atomic E-state index is -3.97. The Bertz CT molecular complexity index is 1420. The number of sulfone groups is 1. The monoisotopic (exact) mass is 578 g/mol. The van der Waals surface area contributed by atoms with Gasteiger partial charge in [0.1, 0.15) is 5.15 Å². The average Bonchev–Trinajstić information content (AvgIpc) is 3.32. The number of alkyl halides is 2. The van der Waals surface area contributed by atoms with Gasteiger partial charge in [0.25, 0.3) is 5.92 Å². The van der Waals surface area contributed by atoms with Crippen molar-refractivity contribution in [1.29, 1.82) is 0 Å². The fourth-order valence-corrected chi connectivity index (χ4v) is 7.67. The van der Waals surface area contributed by atoms with Crippen LogP contribution in [0.25, 0.3) is 11.1 Å². The largest absolute Gasteiger partial charge is 0.349 e. The van der Waals surface area contributed by atoms with Crippen LogP contribution in [-0.2, 0) is 19.4 Å². The molecule has 39 heavy (non-hydrogen) atoms. The molecule has 2 aliphatic carbocycles. The molecule has 2 amide bonds. The molecule has 1 aromatic carbocycles. The number of nitrogens with one attached hydrogen (secondary N) is 1. The zero-order valence-corrected chi connectivity index (χ0v) is 22.7. The molecule has 0 spiro atoms. The summed E-state index contributed by atoms with van der Waals surface area (Å²) >= 11 is 6.00. The number of hydrogen-bond acceptors (Lipinski definition) is 6. The molecule has 1 aromatic heterocycles. The number of pyridine rings is 1. The molecule has 12 heteroatoms. The van der Waals surface area contributed by atoms with Crippen LogP contribution in [0.15, 0.2) is 52.5 Å². The summed E-state index contributed by atoms with van der Waals surface area (Å²) in [4.78, 5) is 35.8. The minimum Gasteiger partial charge on any atom is -0.349 e. The van der Waals surface area contributed by atoms with Crippen LogP contribution in [0.4, 0.5) is 8.78 Å². The molecule has 1 N–H and O–H groups in total. The van der Waals surface area contributed by atoms with Crippen LogP contribution in [0.2, 0.25) is 5.15 Å². The molecule has 2 aromatic rings. The van der Waals surface area contributed by atoms with Gasteiger partial charge in [-0.15, -0.1) is 0 Å². The number of aliphatic imine (C=N–C) groups is 1. The maximum Gasteiger partial charge on any atom is 0.267 e. The third-order valence-corrected chi connectivity index (χ3v) is 10.4. The van der Waals surface area contributed by atoms with Gasteiger partial charge in [0.15, 0.2) is 9.84 Å². The van der Waals surface area contributed by atoms with Crippen LogP contribution >= 0.6 is 11.6 Å². The number of halogens is 3. The van der Waals surface area contributed by atoms with Gasteiger partial charge in [0.05, 0.1) is 40.6 Å². The number of nitrogens with zero attached hydrogens (tertiary/aromatic N) is 3. The van der Waals surface area contributed by atoms with Crippen LogP contribution in [0, 0.1) is 11.8 Å². The van der Waals surface area contributed by atoms with Crippen molar-refractivity contribution in [2.75, 3.05) is 19.6 Å². The number of hydrogen-bond donors (Lipinski definition) is 1. The summed E-state index contributed by atoms with van der Waals surface area (Å²) < 4.78 is 55.4. The molecule has 0 unspecified atom stereocenters. The lowest BCUT2D eigenvalue weighted by Crippen LogP contribution is -2.46. The Morgan fingerprint density at radius 2 is 1.85 bits per heavy atom. The Balaban J connectivity index is 1.42. The Kier molecular flexibility index (Phi) is 7.26. The third-order valence-electron chi connectivity index (χ3n) is 7.97. The highest BCUT2D eigenvalue weighted by Crippen LogP contribution is 2.43. The predicted molar refractivity (Wildman–Crippen MR) is 143 cm³/mol. The fraction of sp³-hybridized carbons (Fsp3) is 0.481. The average molecular weight is 579 g/mol. The normalized spacial score (nSPS) is 25.3. The van der Waals surface area contributed by atoms with E-state index in [0.717, 1.165) is 4.90 Å². The summed E-state index contributed by atoms with van der Waals surface area (Å²) in [5, 5.41) is 2.17. The Labute approximate surface area is 230 Å². The zero-order chi connectivity index (χ0) is 28.0. The van der Waals surface area contributed by atoms with Gasteiger partial charge in [-0.25, -0.2) is 22.2 Å². The van der Waals surface area contributed by atoms with Crippen LogP contribution in [0.1, 0.15) is 32.1 Å². The Morgan fingerprint density at radius 3 is 2.49 bits per heavy atom. The topological polar surface area (TPSA) is 109 Å². The summed E-state index contributed by atoms with van der Waals surface area (Å²) in [5.74, 6) is -6.03. The van der Waals surface area contributed by atoms with E-state index in [1.807, 2.05) is 0 Å². The highest BCUT2D eigenvalue weighted by Gasteiger charge is 2.53. The predicted octanol–water partition coefficient (Wildman–Crippen LogP) is 3.79. The summed E-state index contributed by atoms with van der Waals surface area (Å²) in [6.07, 6.45) is 2.26. The van der Waals surface area contributed by atoms with E-state index in [1.165, 1.54) is 18.3 Å². The number of carbonyl (C=O) groups excluding carboxylic acids is 2. The van der Waals surface area contributed by atoms with Crippen molar-refractivity contribution in [2.24, 2.45) is 16.8 Å². The van der Waals surface area contributed by atoms with Gasteiger partial charge in [-0.1, -0.05) is 23.7 Å². The number of benzene rings is 1. The van der Waals surface area contributed by atoms with Crippen molar-refractivity contribution in [3.63, 3.8) is 0 Å². The van der Waals surface area contributed by atoms with Gasteiger partial charge in [-0.3, -0.25) is 14.6 Å². The van der Waals surface area contributed by atoms with E-state index in [4.69, 9.17) is 11.6 Å². The molecule has 3 aliphatic rings. The Hall–Kier alpha value is -2.92. The molecule has 208 valence electrons. The molecule has 2 heterocycles. The van der Waals surface area contributed by atoms with E-state index < -0.39 is 63.2 Å². The molecule has 3 fully saturated rings. The maximum absolute atomic E-state index is 13.9. The fourth-order valence-electron chi connectivity index (χ4n) is 5.63. The van der Waals surface area contributed by atoms with Crippen molar-refractivity contribution in [3.8, 4) is 11.1 Å². The van der Waals surface area contributed by atoms with Gasteiger partial charge in [-0.2, -0.15) is 0 Å². The number of amides is 2. The van der Waals surface area contributed by atoms with Gasteiger partial charge in [-0.05, 0) is 67.8 Å². The lowest BCUT2D eigenvalue weighted by Gasteiger charge is -2.25. The lowest BCUT2D eigenvalue weighted by atomic mass is 9.93. The first-order valence-electron chi connectivity index (χ1n) is 12.8. The van der Waals surface area contributed by atoms with E-state index in [1.54, 1.807) is 24.3 Å². The van der Waals surface area contributed by atoms with Crippen molar-refractivity contribution in [3.05, 3.63) is 47.7 Å². The molecular formula is C27H29ClF2N4O4S. The highest BCUT2D eigenvalue weighted by atomic mass is 35.5. The van der Waals surface area contributed by atoms with E-state index in [2.05, 4.69) is 22.0 Å². The molecule has 8 nitrogen and oxygen atoms in total. The van der Waals surface area contributed by atoms with E-state index in [-0.39, 0.29) is 29.4 Å². The molecule has 1 saturated heterocycles. The molecule has 1 aliphatic heterocycles. The van der Waals surface area contributed by atoms with Crippen molar-refractivity contribution < 1.29 is 26.8 Å². The van der Waals surface area contributed by atoms with Crippen molar-refractivity contribution in [1.82, 2.24) is 15.2 Å². The Morgan fingerprint density at radius 1 is 1.13 bits per heavy atom. The number of likely N-dealkylation sites (tertiary alicyclic amines) is 1. The first-order valence-corrected chi connectivity index (χ1v) is 14.7. The van der Waals surface area contributed by atoms with E-state index >= 15 is 0 Å². The number of rotatable bonds is 8. The first-order chi connectivity index (χ1) is 18.4. The van der Waals surface area contributed by atoms with Crippen molar-refractivity contribution in [2.45, 2.75) is 53.7 Å². The van der Waals surface area contributed by atoms with E-state index in [0.29, 0.717) is 30.5 Å². The minimum absolute atomic E-state index is 0.0485. The second kappa shape index (κ2) is 10.2. The summed E-state index contributed by atoms with van der Waals surface area (Å²) in [5.41, 5.74) is 0.765. The molecule has 3 atom stereocenters. The molecule has 0 bridgehead atoms. The summed E-state index contributed by atoms with van der Waals surface area (Å²) in [6.45, 7) is 2.95.